The lowest BCUT2D eigenvalue weighted by molar-refractivity contribution is -0.121. The minimum absolute atomic E-state index is 0.00215. The van der Waals surface area contributed by atoms with E-state index in [2.05, 4.69) is 0 Å². The van der Waals surface area contributed by atoms with E-state index in [1.54, 1.807) is 38.3 Å². The molecule has 0 saturated heterocycles. The molecule has 0 unspecified atom stereocenters. The number of Topliss-reactive ketones (excluding diaryl/α,β-unsaturated/α-hetero) is 1. The maximum Gasteiger partial charge on any atom is 0.238 e. The first-order valence-corrected chi connectivity index (χ1v) is 9.87. The number of carbonyl (C=O) groups is 2. The van der Waals surface area contributed by atoms with Gasteiger partial charge in [-0.25, -0.2) is 4.39 Å². The fourth-order valence-corrected chi connectivity index (χ4v) is 3.78. The van der Waals surface area contributed by atoms with Gasteiger partial charge in [0.2, 0.25) is 11.7 Å². The number of nitrogens with zero attached hydrogens (tertiary/aromatic N) is 1. The maximum absolute atomic E-state index is 14.2. The molecule has 0 aliphatic carbocycles. The molecule has 0 spiro atoms. The second-order valence-electron chi connectivity index (χ2n) is 7.59. The molecule has 160 valence electrons. The summed E-state index contributed by atoms with van der Waals surface area (Å²) < 4.78 is 38.3. The molecule has 1 heterocycles. The summed E-state index contributed by atoms with van der Waals surface area (Å²) >= 11 is 0. The van der Waals surface area contributed by atoms with E-state index < -0.39 is 29.5 Å². The Balaban J connectivity index is 1.64. The van der Waals surface area contributed by atoms with Gasteiger partial charge in [0.1, 0.15) is 12.4 Å². The van der Waals surface area contributed by atoms with Crippen LogP contribution in [0.4, 0.5) is 14.5 Å². The third-order valence-corrected chi connectivity index (χ3v) is 5.53. The number of hydrogen-bond donors (Lipinski definition) is 0. The molecular formula is C24H21F2NO4. The van der Waals surface area contributed by atoms with Gasteiger partial charge in [0.05, 0.1) is 24.8 Å². The summed E-state index contributed by atoms with van der Waals surface area (Å²) in [6.07, 6.45) is 0. The molecule has 3 aromatic rings. The molecule has 7 heteroatoms. The van der Waals surface area contributed by atoms with Crippen molar-refractivity contribution < 1.29 is 27.8 Å². The van der Waals surface area contributed by atoms with Crippen molar-refractivity contribution in [3.63, 3.8) is 0 Å². The van der Waals surface area contributed by atoms with Gasteiger partial charge in [-0.1, -0.05) is 18.2 Å². The van der Waals surface area contributed by atoms with Gasteiger partial charge in [-0.3, -0.25) is 9.59 Å². The Morgan fingerprint density at radius 1 is 1.10 bits per heavy atom. The fraction of sp³-hybridized carbons (Fsp3) is 0.250. The van der Waals surface area contributed by atoms with E-state index in [4.69, 9.17) is 9.47 Å². The molecule has 0 saturated carbocycles. The highest BCUT2D eigenvalue weighted by molar-refractivity contribution is 6.15. The highest BCUT2D eigenvalue weighted by Crippen LogP contribution is 2.38. The largest absolute Gasteiger partial charge is 0.497 e. The number of ketones is 1. The second-order valence-corrected chi connectivity index (χ2v) is 7.59. The third kappa shape index (κ3) is 3.60. The standard InChI is InChI=1S/C24H21F2NO4/c1-13-12-31-23-20(9-8-19(25)21(23)26)27(13)24(29)14(2)22(28)17-5-4-16-11-18(30-3)7-6-15(16)10-17/h4-11,13-14H,12H2,1-3H3/t13-,14+/m0/s1. The van der Waals surface area contributed by atoms with Crippen LogP contribution in [0.3, 0.4) is 0 Å². The lowest BCUT2D eigenvalue weighted by Crippen LogP contribution is -2.48. The Morgan fingerprint density at radius 3 is 2.55 bits per heavy atom. The lowest BCUT2D eigenvalue weighted by Gasteiger charge is -2.36. The van der Waals surface area contributed by atoms with Gasteiger partial charge in [-0.15, -0.1) is 0 Å². The smallest absolute Gasteiger partial charge is 0.238 e. The van der Waals surface area contributed by atoms with Gasteiger partial charge >= 0.3 is 0 Å². The van der Waals surface area contributed by atoms with Crippen LogP contribution in [-0.4, -0.2) is 31.4 Å². The molecule has 1 aliphatic rings. The second kappa shape index (κ2) is 7.98. The zero-order valence-electron chi connectivity index (χ0n) is 17.3. The average molecular weight is 425 g/mol. The van der Waals surface area contributed by atoms with Crippen LogP contribution in [0, 0.1) is 17.6 Å². The van der Waals surface area contributed by atoms with Crippen LogP contribution in [0.2, 0.25) is 0 Å². The SMILES string of the molecule is COc1ccc2cc(C(=O)[C@@H](C)C(=O)N3c4ccc(F)c(F)c4OC[C@@H]3C)ccc2c1. The number of hydrogen-bond acceptors (Lipinski definition) is 4. The van der Waals surface area contributed by atoms with Gasteiger partial charge in [0.15, 0.2) is 17.3 Å². The number of benzene rings is 3. The van der Waals surface area contributed by atoms with Gasteiger partial charge in [-0.2, -0.15) is 4.39 Å². The number of carbonyl (C=O) groups excluding carboxylic acids is 2. The van der Waals surface area contributed by atoms with Crippen molar-refractivity contribution in [1.82, 2.24) is 0 Å². The average Bonchev–Trinajstić information content (AvgIpc) is 2.79. The van der Waals surface area contributed by atoms with Crippen molar-refractivity contribution in [2.45, 2.75) is 19.9 Å². The van der Waals surface area contributed by atoms with Crippen molar-refractivity contribution in [2.75, 3.05) is 18.6 Å². The van der Waals surface area contributed by atoms with Crippen molar-refractivity contribution in [2.24, 2.45) is 5.92 Å². The van der Waals surface area contributed by atoms with E-state index >= 15 is 0 Å². The van der Waals surface area contributed by atoms with Crippen LogP contribution in [0.15, 0.2) is 48.5 Å². The molecule has 0 aromatic heterocycles. The molecule has 2 atom stereocenters. The summed E-state index contributed by atoms with van der Waals surface area (Å²) in [4.78, 5) is 27.7. The van der Waals surface area contributed by atoms with Crippen molar-refractivity contribution in [1.29, 1.82) is 0 Å². The number of anilines is 1. The number of ether oxygens (including phenoxy) is 2. The van der Waals surface area contributed by atoms with Crippen LogP contribution in [-0.2, 0) is 4.79 Å². The molecule has 5 nitrogen and oxygen atoms in total. The Kier molecular flexibility index (Phi) is 5.35. The first kappa shape index (κ1) is 20.8. The van der Waals surface area contributed by atoms with E-state index in [0.29, 0.717) is 11.3 Å². The Hall–Kier alpha value is -3.48. The summed E-state index contributed by atoms with van der Waals surface area (Å²) in [6, 6.07) is 12.5. The van der Waals surface area contributed by atoms with Gasteiger partial charge in [-0.05, 0) is 55.0 Å². The molecule has 1 aliphatic heterocycles. The molecule has 31 heavy (non-hydrogen) atoms. The first-order valence-electron chi connectivity index (χ1n) is 9.87. The molecule has 0 N–H and O–H groups in total. The van der Waals surface area contributed by atoms with Crippen LogP contribution in [0.25, 0.3) is 10.8 Å². The molecule has 4 rings (SSSR count). The molecule has 1 amide bonds. The number of fused-ring (bicyclic) bond motifs is 2. The first-order chi connectivity index (χ1) is 14.8. The van der Waals surface area contributed by atoms with E-state index in [1.807, 2.05) is 12.1 Å². The predicted molar refractivity (Wildman–Crippen MR) is 113 cm³/mol. The number of methoxy groups -OCH3 is 1. The van der Waals surface area contributed by atoms with Crippen molar-refractivity contribution in [3.05, 3.63) is 65.7 Å². The van der Waals surface area contributed by atoms with Crippen LogP contribution in [0.5, 0.6) is 11.5 Å². The van der Waals surface area contributed by atoms with Crippen LogP contribution in [0.1, 0.15) is 24.2 Å². The molecular weight excluding hydrogens is 404 g/mol. The summed E-state index contributed by atoms with van der Waals surface area (Å²) in [5.41, 5.74) is 0.512. The number of halogens is 2. The topological polar surface area (TPSA) is 55.8 Å². The molecule has 0 fully saturated rings. The fourth-order valence-electron chi connectivity index (χ4n) is 3.78. The predicted octanol–water partition coefficient (Wildman–Crippen LogP) is 4.76. The quantitative estimate of drug-likeness (QED) is 0.447. The summed E-state index contributed by atoms with van der Waals surface area (Å²) in [7, 11) is 1.58. The van der Waals surface area contributed by atoms with E-state index in [0.717, 1.165) is 16.8 Å². The number of rotatable bonds is 4. The Morgan fingerprint density at radius 2 is 1.81 bits per heavy atom. The zero-order valence-corrected chi connectivity index (χ0v) is 17.3. The Bertz CT molecular complexity index is 1190. The highest BCUT2D eigenvalue weighted by Gasteiger charge is 2.36. The molecule has 3 aromatic carbocycles. The Labute approximate surface area is 178 Å². The summed E-state index contributed by atoms with van der Waals surface area (Å²) in [5.74, 6) is -3.68. The van der Waals surface area contributed by atoms with Gasteiger partial charge in [0, 0.05) is 5.56 Å². The highest BCUT2D eigenvalue weighted by atomic mass is 19.2. The minimum atomic E-state index is -1.15. The monoisotopic (exact) mass is 425 g/mol. The third-order valence-electron chi connectivity index (χ3n) is 5.53. The number of amides is 1. The van der Waals surface area contributed by atoms with E-state index in [9.17, 15) is 18.4 Å². The lowest BCUT2D eigenvalue weighted by atomic mass is 9.95. The van der Waals surface area contributed by atoms with Gasteiger partial charge < -0.3 is 14.4 Å². The normalized spacial score (nSPS) is 16.4. The van der Waals surface area contributed by atoms with Crippen molar-refractivity contribution >= 4 is 28.2 Å². The minimum Gasteiger partial charge on any atom is -0.497 e. The van der Waals surface area contributed by atoms with Crippen LogP contribution >= 0.6 is 0 Å². The summed E-state index contributed by atoms with van der Waals surface area (Å²) in [5, 5.41) is 1.75. The van der Waals surface area contributed by atoms with E-state index in [-0.39, 0.29) is 23.8 Å². The summed E-state index contributed by atoms with van der Waals surface area (Å²) in [6.45, 7) is 3.24. The molecule has 0 radical (unpaired) electrons. The van der Waals surface area contributed by atoms with Gasteiger partial charge in [0.25, 0.3) is 0 Å². The van der Waals surface area contributed by atoms with Crippen molar-refractivity contribution in [3.8, 4) is 11.5 Å². The zero-order chi connectivity index (χ0) is 22.3. The maximum atomic E-state index is 14.2. The van der Waals surface area contributed by atoms with Crippen LogP contribution < -0.4 is 14.4 Å². The molecule has 0 bridgehead atoms. The van der Waals surface area contributed by atoms with E-state index in [1.165, 1.54) is 17.9 Å².